The number of alkyl carbamates (subject to hydrolysis) is 1. The Kier molecular flexibility index (Phi) is 9.00. The predicted molar refractivity (Wildman–Crippen MR) is 137 cm³/mol. The van der Waals surface area contributed by atoms with Crippen molar-refractivity contribution in [3.63, 3.8) is 0 Å². The van der Waals surface area contributed by atoms with E-state index in [9.17, 15) is 9.59 Å². The molecule has 6 nitrogen and oxygen atoms in total. The van der Waals surface area contributed by atoms with Crippen molar-refractivity contribution in [1.29, 1.82) is 0 Å². The lowest BCUT2D eigenvalue weighted by atomic mass is 9.89. The Hall–Kier alpha value is -2.54. The second-order valence-corrected chi connectivity index (χ2v) is 10.6. The lowest BCUT2D eigenvalue weighted by Gasteiger charge is -2.37. The van der Waals surface area contributed by atoms with E-state index in [1.807, 2.05) is 81.1 Å². The lowest BCUT2D eigenvalue weighted by Crippen LogP contribution is -2.48. The highest BCUT2D eigenvalue weighted by Crippen LogP contribution is 2.28. The fourth-order valence-corrected chi connectivity index (χ4v) is 4.55. The van der Waals surface area contributed by atoms with Gasteiger partial charge in [-0.05, 0) is 83.2 Å². The molecule has 0 heterocycles. The molecule has 1 aliphatic carbocycles. The standard InChI is InChI=1S/C27H35BrN2O4/c1-5-30(22-10-8-9-21(17-22)29-26(32)34-27(2,3)4)25(31)23-11-6-7-12-24(23)33-18-19-13-15-20(28)16-14-19/h6-7,11-16,21-22H,5,8-10,17-18H2,1-4H3,(H,29,32)/t21-,22+/m1/s1. The van der Waals surface area contributed by atoms with E-state index in [1.54, 1.807) is 0 Å². The molecule has 0 saturated heterocycles. The van der Waals surface area contributed by atoms with Crippen LogP contribution in [0.25, 0.3) is 0 Å². The first-order chi connectivity index (χ1) is 16.2. The molecule has 7 heteroatoms. The van der Waals surface area contributed by atoms with Gasteiger partial charge in [0.05, 0.1) is 5.56 Å². The zero-order chi connectivity index (χ0) is 24.7. The molecule has 1 aliphatic rings. The summed E-state index contributed by atoms with van der Waals surface area (Å²) >= 11 is 3.44. The van der Waals surface area contributed by atoms with Gasteiger partial charge in [-0.2, -0.15) is 0 Å². The molecule has 0 radical (unpaired) electrons. The Bertz CT molecular complexity index is 971. The summed E-state index contributed by atoms with van der Waals surface area (Å²) in [7, 11) is 0. The molecule has 0 aromatic heterocycles. The molecule has 2 aromatic carbocycles. The Morgan fingerprint density at radius 1 is 1.09 bits per heavy atom. The summed E-state index contributed by atoms with van der Waals surface area (Å²) in [6, 6.07) is 15.4. The van der Waals surface area contributed by atoms with Gasteiger partial charge in [0.15, 0.2) is 0 Å². The van der Waals surface area contributed by atoms with Crippen LogP contribution in [0.15, 0.2) is 53.0 Å². The minimum atomic E-state index is -0.538. The van der Waals surface area contributed by atoms with Crippen molar-refractivity contribution in [3.8, 4) is 5.75 Å². The van der Waals surface area contributed by atoms with Crippen molar-refractivity contribution >= 4 is 27.9 Å². The number of carbonyl (C=O) groups excluding carboxylic acids is 2. The van der Waals surface area contributed by atoms with Crippen LogP contribution >= 0.6 is 15.9 Å². The summed E-state index contributed by atoms with van der Waals surface area (Å²) in [5.41, 5.74) is 1.05. The minimum absolute atomic E-state index is 0.0145. The van der Waals surface area contributed by atoms with Crippen LogP contribution in [0.4, 0.5) is 4.79 Å². The van der Waals surface area contributed by atoms with E-state index in [4.69, 9.17) is 9.47 Å². The van der Waals surface area contributed by atoms with E-state index >= 15 is 0 Å². The van der Waals surface area contributed by atoms with E-state index in [-0.39, 0.29) is 18.0 Å². The second kappa shape index (κ2) is 11.7. The van der Waals surface area contributed by atoms with Crippen LogP contribution in [-0.2, 0) is 11.3 Å². The zero-order valence-corrected chi connectivity index (χ0v) is 22.1. The highest BCUT2D eigenvalue weighted by atomic mass is 79.9. The van der Waals surface area contributed by atoms with Gasteiger partial charge in [-0.1, -0.05) is 40.2 Å². The highest BCUT2D eigenvalue weighted by molar-refractivity contribution is 9.10. The van der Waals surface area contributed by atoms with Crippen LogP contribution in [0.5, 0.6) is 5.75 Å². The molecule has 3 rings (SSSR count). The molecule has 1 saturated carbocycles. The maximum atomic E-state index is 13.6. The Morgan fingerprint density at radius 3 is 2.47 bits per heavy atom. The minimum Gasteiger partial charge on any atom is -0.488 e. The van der Waals surface area contributed by atoms with E-state index < -0.39 is 11.7 Å². The number of nitrogens with zero attached hydrogens (tertiary/aromatic N) is 1. The first kappa shape index (κ1) is 26.1. The van der Waals surface area contributed by atoms with Gasteiger partial charge in [0, 0.05) is 23.1 Å². The molecular formula is C27H35BrN2O4. The molecule has 184 valence electrons. The van der Waals surface area contributed by atoms with E-state index in [0.29, 0.717) is 30.9 Å². The highest BCUT2D eigenvalue weighted by Gasteiger charge is 2.31. The normalized spacial score (nSPS) is 18.1. The number of para-hydroxylation sites is 1. The average Bonchev–Trinajstić information content (AvgIpc) is 2.78. The first-order valence-electron chi connectivity index (χ1n) is 11.9. The predicted octanol–water partition coefficient (Wildman–Crippen LogP) is 6.33. The summed E-state index contributed by atoms with van der Waals surface area (Å²) in [5, 5.41) is 2.99. The lowest BCUT2D eigenvalue weighted by molar-refractivity contribution is 0.0460. The molecular weight excluding hydrogens is 496 g/mol. The van der Waals surface area contributed by atoms with Crippen LogP contribution in [0.3, 0.4) is 0 Å². The number of rotatable bonds is 7. The van der Waals surface area contributed by atoms with Gasteiger partial charge >= 0.3 is 6.09 Å². The van der Waals surface area contributed by atoms with Crippen molar-refractivity contribution in [2.24, 2.45) is 0 Å². The van der Waals surface area contributed by atoms with Crippen LogP contribution in [0.2, 0.25) is 0 Å². The number of nitrogens with one attached hydrogen (secondary N) is 1. The maximum absolute atomic E-state index is 13.6. The fourth-order valence-electron chi connectivity index (χ4n) is 4.29. The topological polar surface area (TPSA) is 67.9 Å². The summed E-state index contributed by atoms with van der Waals surface area (Å²) in [4.78, 5) is 27.8. The quantitative estimate of drug-likeness (QED) is 0.454. The maximum Gasteiger partial charge on any atom is 0.407 e. The summed E-state index contributed by atoms with van der Waals surface area (Å²) in [6.07, 6.45) is 3.04. The monoisotopic (exact) mass is 530 g/mol. The van der Waals surface area contributed by atoms with E-state index in [2.05, 4.69) is 21.2 Å². The molecule has 0 unspecified atom stereocenters. The number of benzene rings is 2. The Morgan fingerprint density at radius 2 is 1.79 bits per heavy atom. The number of halogens is 1. The second-order valence-electron chi connectivity index (χ2n) is 9.67. The fraction of sp³-hybridized carbons (Fsp3) is 0.481. The van der Waals surface area contributed by atoms with Gasteiger partial charge < -0.3 is 19.7 Å². The third-order valence-electron chi connectivity index (χ3n) is 5.83. The largest absolute Gasteiger partial charge is 0.488 e. The van der Waals surface area contributed by atoms with Gasteiger partial charge in [0.1, 0.15) is 18.0 Å². The molecule has 0 bridgehead atoms. The first-order valence-corrected chi connectivity index (χ1v) is 12.7. The van der Waals surface area contributed by atoms with Gasteiger partial charge in [0.25, 0.3) is 5.91 Å². The van der Waals surface area contributed by atoms with Gasteiger partial charge in [-0.25, -0.2) is 4.79 Å². The van der Waals surface area contributed by atoms with Crippen LogP contribution in [0.1, 0.15) is 69.3 Å². The zero-order valence-electron chi connectivity index (χ0n) is 20.5. The number of ether oxygens (including phenoxy) is 2. The van der Waals surface area contributed by atoms with Gasteiger partial charge in [-0.3, -0.25) is 4.79 Å². The number of amides is 2. The molecule has 1 fully saturated rings. The van der Waals surface area contributed by atoms with Crippen LogP contribution in [0, 0.1) is 0 Å². The number of carbonyl (C=O) groups is 2. The summed E-state index contributed by atoms with van der Waals surface area (Å²) in [6.45, 7) is 8.52. The van der Waals surface area contributed by atoms with Crippen molar-refractivity contribution in [2.45, 2.75) is 77.7 Å². The molecule has 34 heavy (non-hydrogen) atoms. The smallest absolute Gasteiger partial charge is 0.407 e. The van der Waals surface area contributed by atoms with E-state index in [0.717, 1.165) is 29.3 Å². The summed E-state index contributed by atoms with van der Waals surface area (Å²) < 4.78 is 12.5. The molecule has 0 spiro atoms. The number of hydrogen-bond donors (Lipinski definition) is 1. The summed E-state index contributed by atoms with van der Waals surface area (Å²) in [5.74, 6) is 0.532. The van der Waals surface area contributed by atoms with Crippen LogP contribution < -0.4 is 10.1 Å². The molecule has 2 aromatic rings. The Labute approximate surface area is 211 Å². The molecule has 2 amide bonds. The molecule has 2 atom stereocenters. The Balaban J connectivity index is 1.67. The van der Waals surface area contributed by atoms with Crippen molar-refractivity contribution in [1.82, 2.24) is 10.2 Å². The van der Waals surface area contributed by atoms with Crippen molar-refractivity contribution < 1.29 is 19.1 Å². The van der Waals surface area contributed by atoms with Gasteiger partial charge in [-0.15, -0.1) is 0 Å². The molecule has 0 aliphatic heterocycles. The van der Waals surface area contributed by atoms with Crippen molar-refractivity contribution in [2.75, 3.05) is 6.54 Å². The van der Waals surface area contributed by atoms with Gasteiger partial charge in [0.2, 0.25) is 0 Å². The number of hydrogen-bond acceptors (Lipinski definition) is 4. The SMILES string of the molecule is CCN(C(=O)c1ccccc1OCc1ccc(Br)cc1)[C@H]1CCC[C@@H](NC(=O)OC(C)(C)C)C1. The average molecular weight is 531 g/mol. The van der Waals surface area contributed by atoms with E-state index in [1.165, 1.54) is 0 Å². The third kappa shape index (κ3) is 7.49. The third-order valence-corrected chi connectivity index (χ3v) is 6.36. The molecule has 1 N–H and O–H groups in total. The van der Waals surface area contributed by atoms with Crippen molar-refractivity contribution in [3.05, 3.63) is 64.1 Å². The van der Waals surface area contributed by atoms with Crippen LogP contribution in [-0.4, -0.2) is 41.1 Å².